The number of aromatic nitrogens is 1. The summed E-state index contributed by atoms with van der Waals surface area (Å²) in [6, 6.07) is 8.09. The number of nitrogens with one attached hydrogen (secondary N) is 2. The Kier molecular flexibility index (Phi) is 5.66. The molecule has 1 fully saturated rings. The summed E-state index contributed by atoms with van der Waals surface area (Å²) in [7, 11) is 0. The second-order valence-corrected chi connectivity index (χ2v) is 6.39. The van der Waals surface area contributed by atoms with Crippen molar-refractivity contribution in [1.29, 1.82) is 0 Å². The standard InChI is InChI=1S/C20H25N3O2/c1-3-15-7-4-6-14(2)19(15)23-17-10-16(11-21-12-17)20(24)22-13-18-8-5-9-25-18/h4,6-7,10-12,18,23H,3,5,8-9,13H2,1-2H3,(H,22,24). The maximum Gasteiger partial charge on any atom is 0.253 e. The Hall–Kier alpha value is -2.40. The molecule has 0 spiro atoms. The number of carbonyl (C=O) groups excluding carboxylic acids is 1. The SMILES string of the molecule is CCc1cccc(C)c1Nc1cncc(C(=O)NCC2CCCO2)c1. The second kappa shape index (κ2) is 8.12. The van der Waals surface area contributed by atoms with E-state index in [1.807, 2.05) is 6.07 Å². The topological polar surface area (TPSA) is 63.2 Å². The van der Waals surface area contributed by atoms with Crippen LogP contribution in [-0.2, 0) is 11.2 Å². The molecule has 0 saturated carbocycles. The number of anilines is 2. The van der Waals surface area contributed by atoms with Crippen LogP contribution in [0.4, 0.5) is 11.4 Å². The van der Waals surface area contributed by atoms with E-state index in [0.29, 0.717) is 12.1 Å². The molecule has 25 heavy (non-hydrogen) atoms. The largest absolute Gasteiger partial charge is 0.376 e. The fourth-order valence-corrected chi connectivity index (χ4v) is 3.09. The normalized spacial score (nSPS) is 16.6. The van der Waals surface area contributed by atoms with Crippen LogP contribution in [0.1, 0.15) is 41.3 Å². The van der Waals surface area contributed by atoms with Gasteiger partial charge >= 0.3 is 0 Å². The highest BCUT2D eigenvalue weighted by Crippen LogP contribution is 2.25. The molecule has 3 rings (SSSR count). The van der Waals surface area contributed by atoms with E-state index in [1.165, 1.54) is 11.1 Å². The van der Waals surface area contributed by atoms with Crippen molar-refractivity contribution < 1.29 is 9.53 Å². The van der Waals surface area contributed by atoms with Gasteiger partial charge in [0.15, 0.2) is 0 Å². The van der Waals surface area contributed by atoms with Crippen LogP contribution in [0.2, 0.25) is 0 Å². The first-order chi connectivity index (χ1) is 12.2. The van der Waals surface area contributed by atoms with E-state index >= 15 is 0 Å². The number of benzene rings is 1. The Morgan fingerprint density at radius 2 is 2.24 bits per heavy atom. The lowest BCUT2D eigenvalue weighted by atomic mass is 10.1. The molecule has 2 heterocycles. The van der Waals surface area contributed by atoms with Crippen LogP contribution in [0.15, 0.2) is 36.7 Å². The zero-order valence-electron chi connectivity index (χ0n) is 14.8. The Balaban J connectivity index is 1.70. The molecule has 5 heteroatoms. The van der Waals surface area contributed by atoms with E-state index in [-0.39, 0.29) is 12.0 Å². The predicted octanol–water partition coefficient (Wildman–Crippen LogP) is 3.60. The van der Waals surface area contributed by atoms with Crippen LogP contribution in [0.25, 0.3) is 0 Å². The zero-order valence-corrected chi connectivity index (χ0v) is 14.8. The number of aryl methyl sites for hydroxylation is 2. The third-order valence-corrected chi connectivity index (χ3v) is 4.52. The van der Waals surface area contributed by atoms with Crippen LogP contribution in [0.3, 0.4) is 0 Å². The van der Waals surface area contributed by atoms with Crippen molar-refractivity contribution in [2.24, 2.45) is 0 Å². The average Bonchev–Trinajstić information content (AvgIpc) is 3.15. The molecular formula is C20H25N3O2. The number of ether oxygens (including phenoxy) is 1. The molecule has 2 N–H and O–H groups in total. The quantitative estimate of drug-likeness (QED) is 0.844. The second-order valence-electron chi connectivity index (χ2n) is 6.39. The van der Waals surface area contributed by atoms with Crippen LogP contribution < -0.4 is 10.6 Å². The summed E-state index contributed by atoms with van der Waals surface area (Å²) in [6.45, 7) is 5.55. The van der Waals surface area contributed by atoms with Crippen molar-refractivity contribution in [2.45, 2.75) is 39.2 Å². The summed E-state index contributed by atoms with van der Waals surface area (Å²) < 4.78 is 5.54. The van der Waals surface area contributed by atoms with Gasteiger partial charge in [0, 0.05) is 25.0 Å². The van der Waals surface area contributed by atoms with Gasteiger partial charge in [-0.25, -0.2) is 0 Å². The van der Waals surface area contributed by atoms with E-state index in [1.54, 1.807) is 12.4 Å². The number of carbonyl (C=O) groups is 1. The highest BCUT2D eigenvalue weighted by Gasteiger charge is 2.17. The number of hydrogen-bond acceptors (Lipinski definition) is 4. The number of amides is 1. The summed E-state index contributed by atoms with van der Waals surface area (Å²) in [4.78, 5) is 16.6. The highest BCUT2D eigenvalue weighted by atomic mass is 16.5. The van der Waals surface area contributed by atoms with Crippen LogP contribution in [0, 0.1) is 6.92 Å². The third kappa shape index (κ3) is 4.37. The number of rotatable bonds is 6. The minimum Gasteiger partial charge on any atom is -0.376 e. The van der Waals surface area contributed by atoms with Crippen molar-refractivity contribution >= 4 is 17.3 Å². The van der Waals surface area contributed by atoms with Gasteiger partial charge in [0.25, 0.3) is 5.91 Å². The van der Waals surface area contributed by atoms with Gasteiger partial charge in [-0.3, -0.25) is 9.78 Å². The van der Waals surface area contributed by atoms with Crippen molar-refractivity contribution in [3.05, 3.63) is 53.3 Å². The fourth-order valence-electron chi connectivity index (χ4n) is 3.09. The molecule has 1 saturated heterocycles. The summed E-state index contributed by atoms with van der Waals surface area (Å²) in [5, 5.41) is 6.35. The van der Waals surface area contributed by atoms with Crippen LogP contribution in [0.5, 0.6) is 0 Å². The summed E-state index contributed by atoms with van der Waals surface area (Å²) in [5.74, 6) is -0.118. The molecule has 1 aliphatic rings. The van der Waals surface area contributed by atoms with Crippen molar-refractivity contribution in [3.8, 4) is 0 Å². The minimum absolute atomic E-state index is 0.118. The van der Waals surface area contributed by atoms with Gasteiger partial charge in [0.05, 0.1) is 23.6 Å². The molecule has 1 aromatic carbocycles. The monoisotopic (exact) mass is 339 g/mol. The van der Waals surface area contributed by atoms with Gasteiger partial charge in [-0.1, -0.05) is 25.1 Å². The Morgan fingerprint density at radius 3 is 3.00 bits per heavy atom. The lowest BCUT2D eigenvalue weighted by molar-refractivity contribution is 0.0857. The highest BCUT2D eigenvalue weighted by molar-refractivity contribution is 5.94. The molecule has 1 aliphatic heterocycles. The summed E-state index contributed by atoms with van der Waals surface area (Å²) >= 11 is 0. The molecule has 1 aromatic heterocycles. The molecule has 0 bridgehead atoms. The van der Waals surface area contributed by atoms with Gasteiger partial charge in [-0.15, -0.1) is 0 Å². The maximum absolute atomic E-state index is 12.4. The van der Waals surface area contributed by atoms with Gasteiger partial charge in [-0.2, -0.15) is 0 Å². The van der Waals surface area contributed by atoms with Crippen LogP contribution in [-0.4, -0.2) is 30.1 Å². The van der Waals surface area contributed by atoms with Crippen molar-refractivity contribution in [3.63, 3.8) is 0 Å². The molecule has 5 nitrogen and oxygen atoms in total. The Morgan fingerprint density at radius 1 is 1.36 bits per heavy atom. The van der Waals surface area contributed by atoms with E-state index in [0.717, 1.165) is 37.2 Å². The molecule has 132 valence electrons. The molecule has 0 aliphatic carbocycles. The number of nitrogens with zero attached hydrogens (tertiary/aromatic N) is 1. The van der Waals surface area contributed by atoms with Gasteiger partial charge in [-0.05, 0) is 43.4 Å². The number of hydrogen-bond donors (Lipinski definition) is 2. The van der Waals surface area contributed by atoms with E-state index in [9.17, 15) is 4.79 Å². The zero-order chi connectivity index (χ0) is 17.6. The van der Waals surface area contributed by atoms with Gasteiger partial charge in [0.2, 0.25) is 0 Å². The first-order valence-corrected chi connectivity index (χ1v) is 8.87. The maximum atomic E-state index is 12.4. The Bertz CT molecular complexity index is 739. The van der Waals surface area contributed by atoms with E-state index in [4.69, 9.17) is 4.74 Å². The number of para-hydroxylation sites is 1. The lowest BCUT2D eigenvalue weighted by Crippen LogP contribution is -2.31. The lowest BCUT2D eigenvalue weighted by Gasteiger charge is -2.15. The van der Waals surface area contributed by atoms with Crippen LogP contribution >= 0.6 is 0 Å². The average molecular weight is 339 g/mol. The first kappa shape index (κ1) is 17.4. The summed E-state index contributed by atoms with van der Waals surface area (Å²) in [6.07, 6.45) is 6.48. The minimum atomic E-state index is -0.118. The number of pyridine rings is 1. The smallest absolute Gasteiger partial charge is 0.253 e. The molecule has 2 aromatic rings. The van der Waals surface area contributed by atoms with Crippen molar-refractivity contribution in [1.82, 2.24) is 10.3 Å². The van der Waals surface area contributed by atoms with Gasteiger partial charge in [0.1, 0.15) is 0 Å². The molecule has 0 radical (unpaired) electrons. The molecule has 1 atom stereocenters. The van der Waals surface area contributed by atoms with Crippen molar-refractivity contribution in [2.75, 3.05) is 18.5 Å². The molecule has 1 amide bonds. The Labute approximate surface area is 148 Å². The molecular weight excluding hydrogens is 314 g/mol. The van der Waals surface area contributed by atoms with Gasteiger partial charge < -0.3 is 15.4 Å². The first-order valence-electron chi connectivity index (χ1n) is 8.87. The van der Waals surface area contributed by atoms with E-state index < -0.39 is 0 Å². The third-order valence-electron chi connectivity index (χ3n) is 4.52. The fraction of sp³-hybridized carbons (Fsp3) is 0.400. The van der Waals surface area contributed by atoms with E-state index in [2.05, 4.69) is 47.7 Å². The molecule has 1 unspecified atom stereocenters. The summed E-state index contributed by atoms with van der Waals surface area (Å²) in [5.41, 5.74) is 4.87. The predicted molar refractivity (Wildman–Crippen MR) is 99.4 cm³/mol.